The topological polar surface area (TPSA) is 106 Å². The molecule has 4 bridgehead atoms. The lowest BCUT2D eigenvalue weighted by Gasteiger charge is -2.53. The van der Waals surface area contributed by atoms with Crippen LogP contribution in [0.3, 0.4) is 0 Å². The molecule has 2 atom stereocenters. The molecule has 2 N–H and O–H groups in total. The van der Waals surface area contributed by atoms with Crippen LogP contribution in [-0.4, -0.2) is 46.4 Å². The molecule has 2 aromatic rings. The van der Waals surface area contributed by atoms with Crippen molar-refractivity contribution in [2.45, 2.75) is 76.7 Å². The molecule has 4 fully saturated rings. The van der Waals surface area contributed by atoms with E-state index in [1.807, 2.05) is 30.3 Å². The highest BCUT2D eigenvalue weighted by molar-refractivity contribution is 5.90. The third-order valence-corrected chi connectivity index (χ3v) is 8.79. The summed E-state index contributed by atoms with van der Waals surface area (Å²) < 4.78 is 14.4. The number of aliphatic hydroxyl groups excluding tert-OH is 1. The van der Waals surface area contributed by atoms with Crippen molar-refractivity contribution in [1.82, 2.24) is 10.2 Å². The fourth-order valence-corrected chi connectivity index (χ4v) is 7.21. The third-order valence-electron chi connectivity index (χ3n) is 8.79. The Bertz CT molecular complexity index is 1160. The van der Waals surface area contributed by atoms with Crippen LogP contribution in [0.25, 0.3) is 0 Å². The largest absolute Gasteiger partial charge is 0.619 e. The highest BCUT2D eigenvalue weighted by Crippen LogP contribution is 2.54. The van der Waals surface area contributed by atoms with E-state index in [1.165, 1.54) is 36.6 Å². The lowest BCUT2D eigenvalue weighted by Crippen LogP contribution is -2.62. The molecular formula is C30H39N3O5. The Morgan fingerprint density at radius 3 is 2.39 bits per heavy atom. The second-order valence-corrected chi connectivity index (χ2v) is 11.8. The van der Waals surface area contributed by atoms with Gasteiger partial charge in [0.15, 0.2) is 12.4 Å². The second kappa shape index (κ2) is 10.9. The number of rotatable bonds is 9. The van der Waals surface area contributed by atoms with E-state index in [9.17, 15) is 19.9 Å². The molecule has 0 radical (unpaired) electrons. The van der Waals surface area contributed by atoms with Gasteiger partial charge in [-0.15, -0.1) is 0 Å². The van der Waals surface area contributed by atoms with Crippen LogP contribution in [0.4, 0.5) is 4.79 Å². The Kier molecular flexibility index (Phi) is 7.24. The standard InChI is InChI=1S/C30H39N3O5/c1-20(34)33(13-10-21-6-4-3-5-7-21)28(35)30(2,19-22-8-11-32(37)12-9-22)31-29(36)38-27-25-15-23-14-24(17-25)18-26(27)16-23/h3-9,11-12,20,23-27,34H,10,13-19H2,1-2H3,(H,31,36)/t20?,23?,24?,25?,26?,27?,30-/m0/s1/i11D. The highest BCUT2D eigenvalue weighted by atomic mass is 16.6. The maximum absolute atomic E-state index is 14.0. The lowest BCUT2D eigenvalue weighted by molar-refractivity contribution is -0.605. The van der Waals surface area contributed by atoms with Gasteiger partial charge in [-0.1, -0.05) is 30.3 Å². The minimum absolute atomic E-state index is 0.0316. The first kappa shape index (κ1) is 25.2. The van der Waals surface area contributed by atoms with E-state index >= 15 is 0 Å². The Morgan fingerprint density at radius 2 is 1.79 bits per heavy atom. The maximum atomic E-state index is 14.0. The van der Waals surface area contributed by atoms with Crippen LogP contribution in [0.2, 0.25) is 0 Å². The smallest absolute Gasteiger partial charge is 0.408 e. The summed E-state index contributed by atoms with van der Waals surface area (Å²) in [6.45, 7) is 3.40. The monoisotopic (exact) mass is 522 g/mol. The van der Waals surface area contributed by atoms with Gasteiger partial charge in [-0.2, -0.15) is 4.73 Å². The summed E-state index contributed by atoms with van der Waals surface area (Å²) in [5, 5.41) is 25.2. The first-order valence-electron chi connectivity index (χ1n) is 14.3. The first-order valence-corrected chi connectivity index (χ1v) is 13.8. The van der Waals surface area contributed by atoms with E-state index in [4.69, 9.17) is 6.11 Å². The summed E-state index contributed by atoms with van der Waals surface area (Å²) in [7, 11) is 0. The van der Waals surface area contributed by atoms with Crippen molar-refractivity contribution in [3.05, 3.63) is 71.2 Å². The normalized spacial score (nSPS) is 28.2. The van der Waals surface area contributed by atoms with E-state index in [2.05, 4.69) is 5.32 Å². The minimum Gasteiger partial charge on any atom is -0.619 e. The fraction of sp³-hybridized carbons (Fsp3) is 0.567. The van der Waals surface area contributed by atoms with Crippen LogP contribution >= 0.6 is 0 Å². The van der Waals surface area contributed by atoms with Crippen LogP contribution in [0.5, 0.6) is 0 Å². The SMILES string of the molecule is [2H]c1cc(C[C@](C)(NC(=O)OC2C3CC4CC(C3)CC2C4)C(=O)N(CCc2ccccc2)C(C)O)cc[n+]1[O-]. The summed E-state index contributed by atoms with van der Waals surface area (Å²) in [6, 6.07) is 12.6. The molecule has 0 saturated heterocycles. The molecule has 1 heterocycles. The molecule has 4 aliphatic carbocycles. The van der Waals surface area contributed by atoms with Crippen LogP contribution in [0.1, 0.15) is 58.4 Å². The zero-order valence-corrected chi connectivity index (χ0v) is 22.2. The Morgan fingerprint density at radius 1 is 1.13 bits per heavy atom. The van der Waals surface area contributed by atoms with Gasteiger partial charge in [0.1, 0.15) is 19.2 Å². The van der Waals surface area contributed by atoms with Gasteiger partial charge in [0.25, 0.3) is 5.91 Å². The van der Waals surface area contributed by atoms with Crippen molar-refractivity contribution >= 4 is 12.0 Å². The van der Waals surface area contributed by atoms with Gasteiger partial charge in [0, 0.05) is 25.1 Å². The zero-order valence-electron chi connectivity index (χ0n) is 23.2. The molecule has 2 amide bonds. The highest BCUT2D eigenvalue weighted by Gasteiger charge is 2.50. The summed E-state index contributed by atoms with van der Waals surface area (Å²) in [6.07, 6.45) is 5.36. The van der Waals surface area contributed by atoms with Gasteiger partial charge in [-0.05, 0) is 87.2 Å². The van der Waals surface area contributed by atoms with E-state index in [0.717, 1.165) is 43.1 Å². The van der Waals surface area contributed by atoms with Crippen molar-refractivity contribution in [1.29, 1.82) is 0 Å². The summed E-state index contributed by atoms with van der Waals surface area (Å²) in [5.74, 6) is 1.78. The summed E-state index contributed by atoms with van der Waals surface area (Å²) in [5.41, 5.74) is 0.0957. The zero-order chi connectivity index (χ0) is 27.7. The van der Waals surface area contributed by atoms with Crippen molar-refractivity contribution < 1.29 is 25.5 Å². The molecule has 1 aromatic heterocycles. The number of amides is 2. The molecule has 204 valence electrons. The molecule has 6 rings (SSSR count). The van der Waals surface area contributed by atoms with Crippen LogP contribution < -0.4 is 10.0 Å². The van der Waals surface area contributed by atoms with Gasteiger partial charge in [0.2, 0.25) is 0 Å². The quantitative estimate of drug-likeness (QED) is 0.298. The predicted molar refractivity (Wildman–Crippen MR) is 142 cm³/mol. The Labute approximate surface area is 226 Å². The first-order chi connectivity index (χ1) is 18.6. The van der Waals surface area contributed by atoms with Crippen molar-refractivity contribution in [3.63, 3.8) is 0 Å². The molecule has 4 saturated carbocycles. The number of aromatic nitrogens is 1. The molecule has 8 heteroatoms. The minimum atomic E-state index is -1.47. The number of nitrogens with one attached hydrogen (secondary N) is 1. The number of carbonyl (C=O) groups is 2. The number of alkyl carbamates (subject to hydrolysis) is 1. The maximum Gasteiger partial charge on any atom is 0.408 e. The van der Waals surface area contributed by atoms with Gasteiger partial charge in [-0.25, -0.2) is 4.79 Å². The summed E-state index contributed by atoms with van der Waals surface area (Å²) >= 11 is 0. The number of pyridine rings is 1. The average Bonchev–Trinajstić information content (AvgIpc) is 2.88. The molecule has 0 spiro atoms. The van der Waals surface area contributed by atoms with Gasteiger partial charge in [0.05, 0.1) is 0 Å². The van der Waals surface area contributed by atoms with E-state index < -0.39 is 23.8 Å². The Balaban J connectivity index is 1.35. The predicted octanol–water partition coefficient (Wildman–Crippen LogP) is 3.58. The van der Waals surface area contributed by atoms with Gasteiger partial charge >= 0.3 is 6.09 Å². The number of carbonyl (C=O) groups excluding carboxylic acids is 2. The van der Waals surface area contributed by atoms with Gasteiger partial charge in [-0.3, -0.25) is 4.79 Å². The molecular weight excluding hydrogens is 482 g/mol. The Hall–Kier alpha value is -3.13. The third kappa shape index (κ3) is 5.80. The second-order valence-electron chi connectivity index (χ2n) is 11.8. The number of aliphatic hydroxyl groups is 1. The van der Waals surface area contributed by atoms with Crippen LogP contribution in [0.15, 0.2) is 54.8 Å². The number of ether oxygens (including phenoxy) is 1. The van der Waals surface area contributed by atoms with Crippen LogP contribution in [-0.2, 0) is 22.4 Å². The van der Waals surface area contributed by atoms with Crippen molar-refractivity contribution in [3.8, 4) is 0 Å². The van der Waals surface area contributed by atoms with Crippen LogP contribution in [0, 0.1) is 28.9 Å². The molecule has 0 aliphatic heterocycles. The lowest BCUT2D eigenvalue weighted by atomic mass is 9.55. The van der Waals surface area contributed by atoms with E-state index in [0.29, 0.717) is 28.6 Å². The summed E-state index contributed by atoms with van der Waals surface area (Å²) in [4.78, 5) is 28.8. The molecule has 1 unspecified atom stereocenters. The number of hydrogen-bond acceptors (Lipinski definition) is 5. The fourth-order valence-electron chi connectivity index (χ4n) is 7.21. The average molecular weight is 523 g/mol. The van der Waals surface area contributed by atoms with Gasteiger partial charge < -0.3 is 25.3 Å². The molecule has 4 aliphatic rings. The van der Waals surface area contributed by atoms with E-state index in [1.54, 1.807) is 6.92 Å². The van der Waals surface area contributed by atoms with E-state index in [-0.39, 0.29) is 25.2 Å². The van der Waals surface area contributed by atoms with Crippen molar-refractivity contribution in [2.75, 3.05) is 6.54 Å². The molecule has 38 heavy (non-hydrogen) atoms. The number of hydrogen-bond donors (Lipinski definition) is 2. The molecule has 8 nitrogen and oxygen atoms in total. The number of nitrogens with zero attached hydrogens (tertiary/aromatic N) is 2. The number of benzene rings is 1. The van der Waals surface area contributed by atoms with Crippen molar-refractivity contribution in [2.24, 2.45) is 23.7 Å². The molecule has 1 aromatic carbocycles.